The van der Waals surface area contributed by atoms with Gasteiger partial charge >= 0.3 is 0 Å². The van der Waals surface area contributed by atoms with E-state index in [4.69, 9.17) is 5.73 Å². The van der Waals surface area contributed by atoms with Gasteiger partial charge in [0, 0.05) is 9.86 Å². The number of nitrogens with two attached hydrogens (primary N) is 1. The summed E-state index contributed by atoms with van der Waals surface area (Å²) in [7, 11) is 0. The second-order valence-electron chi connectivity index (χ2n) is 4.82. The average Bonchev–Trinajstić information content (AvgIpc) is 2.25. The third-order valence-electron chi connectivity index (χ3n) is 3.17. The second-order valence-corrected chi connectivity index (χ2v) is 5.61. The van der Waals surface area contributed by atoms with Crippen LogP contribution in [0.15, 0.2) is 16.6 Å². The zero-order valence-electron chi connectivity index (χ0n) is 10.6. The van der Waals surface area contributed by atoms with Crippen molar-refractivity contribution in [3.05, 3.63) is 33.3 Å². The lowest BCUT2D eigenvalue weighted by Crippen LogP contribution is -2.01. The van der Waals surface area contributed by atoms with Crippen molar-refractivity contribution >= 4 is 32.7 Å². The number of hydrogen-bond acceptors (Lipinski definition) is 2. The van der Waals surface area contributed by atoms with Crippen molar-refractivity contribution < 1.29 is 0 Å². The molecule has 2 rings (SSSR count). The first kappa shape index (κ1) is 12.4. The van der Waals surface area contributed by atoms with Gasteiger partial charge in [-0.1, -0.05) is 29.8 Å². The molecule has 1 aromatic carbocycles. The number of rotatable bonds is 1. The third-order valence-corrected chi connectivity index (χ3v) is 4.39. The van der Waals surface area contributed by atoms with E-state index in [0.717, 1.165) is 15.6 Å². The molecule has 90 valence electrons. The van der Waals surface area contributed by atoms with Gasteiger partial charge in [-0.15, -0.1) is 0 Å². The van der Waals surface area contributed by atoms with Crippen LogP contribution in [0.3, 0.4) is 0 Å². The fraction of sp³-hybridized carbons (Fsp3) is 0.357. The molecule has 2 N–H and O–H groups in total. The Morgan fingerprint density at radius 3 is 2.47 bits per heavy atom. The van der Waals surface area contributed by atoms with Gasteiger partial charge in [0.25, 0.3) is 0 Å². The Morgan fingerprint density at radius 1 is 1.24 bits per heavy atom. The van der Waals surface area contributed by atoms with Gasteiger partial charge in [0.1, 0.15) is 5.82 Å². The number of nitrogen functional groups attached to an aromatic ring is 1. The van der Waals surface area contributed by atoms with Gasteiger partial charge in [0.05, 0.1) is 5.52 Å². The van der Waals surface area contributed by atoms with Crippen molar-refractivity contribution in [1.82, 2.24) is 4.98 Å². The van der Waals surface area contributed by atoms with E-state index >= 15 is 0 Å². The van der Waals surface area contributed by atoms with Gasteiger partial charge in [0.2, 0.25) is 0 Å². The van der Waals surface area contributed by atoms with Gasteiger partial charge in [-0.25, -0.2) is 4.98 Å². The van der Waals surface area contributed by atoms with Gasteiger partial charge in [-0.2, -0.15) is 0 Å². The maximum Gasteiger partial charge on any atom is 0.127 e. The molecule has 0 spiro atoms. The topological polar surface area (TPSA) is 38.9 Å². The summed E-state index contributed by atoms with van der Waals surface area (Å²) in [6.45, 7) is 8.46. The van der Waals surface area contributed by atoms with Crippen molar-refractivity contribution in [2.24, 2.45) is 0 Å². The summed E-state index contributed by atoms with van der Waals surface area (Å²) in [5.74, 6) is 1.04. The summed E-state index contributed by atoms with van der Waals surface area (Å²) >= 11 is 3.62. The molecule has 0 atom stereocenters. The summed E-state index contributed by atoms with van der Waals surface area (Å²) < 4.78 is 1.16. The quantitative estimate of drug-likeness (QED) is 0.850. The Labute approximate surface area is 110 Å². The molecule has 2 aromatic rings. The van der Waals surface area contributed by atoms with E-state index in [9.17, 15) is 0 Å². The summed E-state index contributed by atoms with van der Waals surface area (Å²) in [6, 6.07) is 4.24. The van der Waals surface area contributed by atoms with E-state index in [1.54, 1.807) is 0 Å². The SMILES string of the molecule is Cc1cc2nc(N)c(C(C)C)cc2c(C)c1Br. The Kier molecular flexibility index (Phi) is 3.13. The molecule has 0 amide bonds. The van der Waals surface area contributed by atoms with Crippen LogP contribution in [0.25, 0.3) is 10.9 Å². The molecule has 0 saturated carbocycles. The summed E-state index contributed by atoms with van der Waals surface area (Å²) in [6.07, 6.45) is 0. The highest BCUT2D eigenvalue weighted by molar-refractivity contribution is 9.10. The minimum atomic E-state index is 0.395. The van der Waals surface area contributed by atoms with Crippen LogP contribution in [0.1, 0.15) is 36.5 Å². The molecule has 17 heavy (non-hydrogen) atoms. The molecular weight excluding hydrogens is 276 g/mol. The number of aryl methyl sites for hydroxylation is 2. The van der Waals surface area contributed by atoms with Crippen molar-refractivity contribution in [3.63, 3.8) is 0 Å². The number of halogens is 1. The molecule has 0 radical (unpaired) electrons. The predicted octanol–water partition coefficient (Wildman–Crippen LogP) is 4.32. The Hall–Kier alpha value is -1.09. The molecule has 0 unspecified atom stereocenters. The van der Waals surface area contributed by atoms with Crippen molar-refractivity contribution in [1.29, 1.82) is 0 Å². The van der Waals surface area contributed by atoms with Crippen LogP contribution in [0.4, 0.5) is 5.82 Å². The first-order valence-corrected chi connectivity index (χ1v) is 6.57. The summed E-state index contributed by atoms with van der Waals surface area (Å²) in [5.41, 5.74) is 10.5. The van der Waals surface area contributed by atoms with E-state index in [2.05, 4.69) is 60.7 Å². The maximum absolute atomic E-state index is 6.00. The first-order chi connectivity index (χ1) is 7.91. The predicted molar refractivity (Wildman–Crippen MR) is 77.4 cm³/mol. The molecule has 3 heteroatoms. The molecule has 1 heterocycles. The second kappa shape index (κ2) is 4.30. The summed E-state index contributed by atoms with van der Waals surface area (Å²) in [5, 5.41) is 1.18. The number of pyridine rings is 1. The maximum atomic E-state index is 6.00. The third kappa shape index (κ3) is 2.04. The zero-order valence-corrected chi connectivity index (χ0v) is 12.2. The highest BCUT2D eigenvalue weighted by Gasteiger charge is 2.11. The van der Waals surface area contributed by atoms with Crippen LogP contribution in [0.5, 0.6) is 0 Å². The lowest BCUT2D eigenvalue weighted by atomic mass is 9.99. The van der Waals surface area contributed by atoms with Crippen LogP contribution in [-0.4, -0.2) is 4.98 Å². The number of hydrogen-bond donors (Lipinski definition) is 1. The first-order valence-electron chi connectivity index (χ1n) is 5.77. The van der Waals surface area contributed by atoms with Crippen molar-refractivity contribution in [2.45, 2.75) is 33.6 Å². The molecule has 1 aromatic heterocycles. The minimum absolute atomic E-state index is 0.395. The lowest BCUT2D eigenvalue weighted by Gasteiger charge is -2.13. The van der Waals surface area contributed by atoms with Gasteiger partial charge in [0.15, 0.2) is 0 Å². The number of nitrogens with zero attached hydrogens (tertiary/aromatic N) is 1. The van der Waals surface area contributed by atoms with Gasteiger partial charge in [-0.3, -0.25) is 0 Å². The van der Waals surface area contributed by atoms with Crippen LogP contribution < -0.4 is 5.73 Å². The summed E-state index contributed by atoms with van der Waals surface area (Å²) in [4.78, 5) is 4.52. The van der Waals surface area contributed by atoms with Crippen LogP contribution >= 0.6 is 15.9 Å². The minimum Gasteiger partial charge on any atom is -0.383 e. The van der Waals surface area contributed by atoms with Crippen LogP contribution in [-0.2, 0) is 0 Å². The standard InChI is InChI=1S/C14H17BrN2/c1-7(2)10-6-11-9(4)13(15)8(3)5-12(11)17-14(10)16/h5-7H,1-4H3,(H2,16,17). The molecular formula is C14H17BrN2. The van der Waals surface area contributed by atoms with E-state index in [1.165, 1.54) is 16.5 Å². The van der Waals surface area contributed by atoms with E-state index in [-0.39, 0.29) is 0 Å². The monoisotopic (exact) mass is 292 g/mol. The van der Waals surface area contributed by atoms with E-state index in [1.807, 2.05) is 0 Å². The van der Waals surface area contributed by atoms with Crippen molar-refractivity contribution in [3.8, 4) is 0 Å². The number of anilines is 1. The highest BCUT2D eigenvalue weighted by atomic mass is 79.9. The smallest absolute Gasteiger partial charge is 0.127 e. The van der Waals surface area contributed by atoms with Crippen LogP contribution in [0, 0.1) is 13.8 Å². The molecule has 2 nitrogen and oxygen atoms in total. The van der Waals surface area contributed by atoms with Gasteiger partial charge < -0.3 is 5.73 Å². The number of benzene rings is 1. The zero-order chi connectivity index (χ0) is 12.7. The largest absolute Gasteiger partial charge is 0.383 e. The Bertz CT molecular complexity index is 589. The normalized spacial score (nSPS) is 11.4. The number of fused-ring (bicyclic) bond motifs is 1. The fourth-order valence-corrected chi connectivity index (χ4v) is 2.44. The molecule has 0 aliphatic heterocycles. The van der Waals surface area contributed by atoms with Gasteiger partial charge in [-0.05, 0) is 48.6 Å². The average molecular weight is 293 g/mol. The molecule has 0 aliphatic rings. The molecule has 0 saturated heterocycles. The van der Waals surface area contributed by atoms with Crippen LogP contribution in [0.2, 0.25) is 0 Å². The lowest BCUT2D eigenvalue weighted by molar-refractivity contribution is 0.866. The number of aromatic nitrogens is 1. The molecule has 0 fully saturated rings. The van der Waals surface area contributed by atoms with E-state index < -0.39 is 0 Å². The molecule has 0 aliphatic carbocycles. The Morgan fingerprint density at radius 2 is 1.88 bits per heavy atom. The van der Waals surface area contributed by atoms with Crippen molar-refractivity contribution in [2.75, 3.05) is 5.73 Å². The Balaban J connectivity index is 2.85. The highest BCUT2D eigenvalue weighted by Crippen LogP contribution is 2.32. The van der Waals surface area contributed by atoms with E-state index in [0.29, 0.717) is 11.7 Å². The molecule has 0 bridgehead atoms. The fourth-order valence-electron chi connectivity index (χ4n) is 2.11.